The highest BCUT2D eigenvalue weighted by molar-refractivity contribution is 5.87. The van der Waals surface area contributed by atoms with Gasteiger partial charge in [0.1, 0.15) is 0 Å². The molecule has 0 aromatic carbocycles. The van der Waals surface area contributed by atoms with Crippen LogP contribution in [-0.4, -0.2) is 30.8 Å². The molecule has 110 valence electrons. The zero-order valence-corrected chi connectivity index (χ0v) is 12.0. The maximum Gasteiger partial charge on any atom is 0.306 e. The van der Waals surface area contributed by atoms with Gasteiger partial charge in [-0.05, 0) is 6.42 Å². The molecule has 1 N–H and O–H groups in total. The molecule has 0 radical (unpaired) electrons. The number of carbonyl (C=O) groups is 3. The Morgan fingerprint density at radius 3 is 2.37 bits per heavy atom. The molecule has 0 atom stereocenters. The second kappa shape index (κ2) is 11.7. The summed E-state index contributed by atoms with van der Waals surface area (Å²) in [4.78, 5) is 33.6. The summed E-state index contributed by atoms with van der Waals surface area (Å²) in [5.74, 6) is -0.650. The van der Waals surface area contributed by atoms with Crippen molar-refractivity contribution in [3.05, 3.63) is 0 Å². The van der Waals surface area contributed by atoms with E-state index in [1.807, 2.05) is 0 Å². The molecular formula is C14H25NO4. The van der Waals surface area contributed by atoms with E-state index < -0.39 is 0 Å². The minimum absolute atomic E-state index is 0.00352. The van der Waals surface area contributed by atoms with Crippen LogP contribution in [-0.2, 0) is 19.1 Å². The van der Waals surface area contributed by atoms with Crippen molar-refractivity contribution in [3.8, 4) is 0 Å². The van der Waals surface area contributed by atoms with Crippen LogP contribution in [0.4, 0.5) is 0 Å². The number of nitrogens with one attached hydrogen (secondary N) is 1. The zero-order valence-electron chi connectivity index (χ0n) is 12.0. The molecular weight excluding hydrogens is 246 g/mol. The van der Waals surface area contributed by atoms with Crippen LogP contribution in [0.5, 0.6) is 0 Å². The molecule has 0 heterocycles. The van der Waals surface area contributed by atoms with Gasteiger partial charge in [-0.3, -0.25) is 14.4 Å². The number of hydrogen-bond acceptors (Lipinski definition) is 4. The van der Waals surface area contributed by atoms with Gasteiger partial charge in [-0.15, -0.1) is 0 Å². The number of esters is 1. The van der Waals surface area contributed by atoms with E-state index in [1.54, 1.807) is 6.92 Å². The van der Waals surface area contributed by atoms with Crippen molar-refractivity contribution in [1.29, 1.82) is 0 Å². The number of ether oxygens (including phenoxy) is 1. The Hall–Kier alpha value is -1.39. The highest BCUT2D eigenvalue weighted by Gasteiger charge is 2.08. The number of Topliss-reactive ketones (excluding diaryl/α,β-unsaturated/α-hetero) is 1. The Kier molecular flexibility index (Phi) is 10.8. The summed E-state index contributed by atoms with van der Waals surface area (Å²) >= 11 is 0. The van der Waals surface area contributed by atoms with Gasteiger partial charge in [0.05, 0.1) is 19.6 Å². The lowest BCUT2D eigenvalue weighted by atomic mass is 10.2. The lowest BCUT2D eigenvalue weighted by Gasteiger charge is -2.05. The lowest BCUT2D eigenvalue weighted by Crippen LogP contribution is -2.29. The van der Waals surface area contributed by atoms with Crippen LogP contribution in [0, 0.1) is 0 Å². The average molecular weight is 271 g/mol. The zero-order chi connectivity index (χ0) is 14.5. The molecule has 0 fully saturated rings. The first-order chi connectivity index (χ1) is 9.10. The third-order valence-corrected chi connectivity index (χ3v) is 2.67. The van der Waals surface area contributed by atoms with Crippen molar-refractivity contribution in [3.63, 3.8) is 0 Å². The predicted octanol–water partition coefficient (Wildman–Crippen LogP) is 1.99. The van der Waals surface area contributed by atoms with Gasteiger partial charge in [0.25, 0.3) is 0 Å². The van der Waals surface area contributed by atoms with E-state index in [0.717, 1.165) is 25.7 Å². The molecule has 0 bridgehead atoms. The van der Waals surface area contributed by atoms with Crippen molar-refractivity contribution in [1.82, 2.24) is 5.32 Å². The Balaban J connectivity index is 3.50. The molecule has 0 saturated carbocycles. The third-order valence-electron chi connectivity index (χ3n) is 2.67. The monoisotopic (exact) mass is 271 g/mol. The SMILES string of the molecule is CCCCCCOC(=O)CCC(=O)CNC(=O)CC. The first-order valence-corrected chi connectivity index (χ1v) is 7.04. The molecule has 1 amide bonds. The molecule has 5 nitrogen and oxygen atoms in total. The number of carbonyl (C=O) groups excluding carboxylic acids is 3. The molecule has 0 saturated heterocycles. The second-order valence-corrected chi connectivity index (χ2v) is 4.45. The standard InChI is InChI=1S/C14H25NO4/c1-3-5-6-7-10-19-14(18)9-8-12(16)11-15-13(17)4-2/h3-11H2,1-2H3,(H,15,17). The number of amides is 1. The molecule has 0 aliphatic carbocycles. The highest BCUT2D eigenvalue weighted by Crippen LogP contribution is 2.01. The van der Waals surface area contributed by atoms with Crippen molar-refractivity contribution in [2.24, 2.45) is 0 Å². The summed E-state index contributed by atoms with van der Waals surface area (Å²) in [7, 11) is 0. The van der Waals surface area contributed by atoms with E-state index in [0.29, 0.717) is 13.0 Å². The van der Waals surface area contributed by atoms with Gasteiger partial charge in [0, 0.05) is 12.8 Å². The summed E-state index contributed by atoms with van der Waals surface area (Å²) in [6.07, 6.45) is 4.80. The summed E-state index contributed by atoms with van der Waals surface area (Å²) in [6.45, 7) is 4.26. The normalized spacial score (nSPS) is 10.0. The predicted molar refractivity (Wildman–Crippen MR) is 72.6 cm³/mol. The summed E-state index contributed by atoms with van der Waals surface area (Å²) in [5.41, 5.74) is 0. The number of rotatable bonds is 11. The van der Waals surface area contributed by atoms with Gasteiger partial charge >= 0.3 is 5.97 Å². The van der Waals surface area contributed by atoms with Gasteiger partial charge in [-0.1, -0.05) is 33.1 Å². The lowest BCUT2D eigenvalue weighted by molar-refractivity contribution is -0.144. The van der Waals surface area contributed by atoms with Crippen LogP contribution < -0.4 is 5.32 Å². The summed E-state index contributed by atoms with van der Waals surface area (Å²) < 4.78 is 5.01. The minimum Gasteiger partial charge on any atom is -0.466 e. The Labute approximate surface area is 115 Å². The van der Waals surface area contributed by atoms with Gasteiger partial charge in [-0.25, -0.2) is 0 Å². The van der Waals surface area contributed by atoms with E-state index in [-0.39, 0.29) is 37.0 Å². The summed E-state index contributed by atoms with van der Waals surface area (Å²) in [6, 6.07) is 0. The van der Waals surface area contributed by atoms with Crippen molar-refractivity contribution in [2.75, 3.05) is 13.2 Å². The first-order valence-electron chi connectivity index (χ1n) is 7.04. The molecule has 0 aliphatic rings. The van der Waals surface area contributed by atoms with Crippen LogP contribution in [0.25, 0.3) is 0 Å². The largest absolute Gasteiger partial charge is 0.466 e. The Morgan fingerprint density at radius 1 is 1.00 bits per heavy atom. The van der Waals surface area contributed by atoms with Gasteiger partial charge in [0.15, 0.2) is 5.78 Å². The Morgan fingerprint density at radius 2 is 1.74 bits per heavy atom. The van der Waals surface area contributed by atoms with E-state index in [1.165, 1.54) is 0 Å². The van der Waals surface area contributed by atoms with Crippen LogP contribution >= 0.6 is 0 Å². The fraction of sp³-hybridized carbons (Fsp3) is 0.786. The molecule has 19 heavy (non-hydrogen) atoms. The number of unbranched alkanes of at least 4 members (excludes halogenated alkanes) is 3. The average Bonchev–Trinajstić information content (AvgIpc) is 2.42. The van der Waals surface area contributed by atoms with Gasteiger partial charge in [0.2, 0.25) is 5.91 Å². The number of ketones is 1. The molecule has 0 aliphatic heterocycles. The molecule has 5 heteroatoms. The second-order valence-electron chi connectivity index (χ2n) is 4.45. The molecule has 0 unspecified atom stereocenters. The summed E-state index contributed by atoms with van der Waals surface area (Å²) in [5, 5.41) is 2.48. The highest BCUT2D eigenvalue weighted by atomic mass is 16.5. The topological polar surface area (TPSA) is 72.5 Å². The fourth-order valence-corrected chi connectivity index (χ4v) is 1.44. The molecule has 0 aromatic rings. The third kappa shape index (κ3) is 11.4. The Bertz CT molecular complexity index is 289. The molecule has 0 rings (SSSR count). The molecule has 0 spiro atoms. The first kappa shape index (κ1) is 17.6. The van der Waals surface area contributed by atoms with Crippen LogP contribution in [0.15, 0.2) is 0 Å². The molecule has 0 aromatic heterocycles. The van der Waals surface area contributed by atoms with E-state index in [4.69, 9.17) is 4.74 Å². The quantitative estimate of drug-likeness (QED) is 0.461. The van der Waals surface area contributed by atoms with Crippen LogP contribution in [0.1, 0.15) is 58.8 Å². The van der Waals surface area contributed by atoms with Crippen molar-refractivity contribution < 1.29 is 19.1 Å². The van der Waals surface area contributed by atoms with Crippen molar-refractivity contribution in [2.45, 2.75) is 58.8 Å². The smallest absolute Gasteiger partial charge is 0.306 e. The van der Waals surface area contributed by atoms with Gasteiger partial charge < -0.3 is 10.1 Å². The number of hydrogen-bond donors (Lipinski definition) is 1. The van der Waals surface area contributed by atoms with Gasteiger partial charge in [-0.2, -0.15) is 0 Å². The maximum atomic E-state index is 11.4. The minimum atomic E-state index is -0.341. The maximum absolute atomic E-state index is 11.4. The van der Waals surface area contributed by atoms with Crippen molar-refractivity contribution >= 4 is 17.7 Å². The van der Waals surface area contributed by atoms with E-state index in [9.17, 15) is 14.4 Å². The van der Waals surface area contributed by atoms with Crippen LogP contribution in [0.2, 0.25) is 0 Å². The van der Waals surface area contributed by atoms with E-state index in [2.05, 4.69) is 12.2 Å². The van der Waals surface area contributed by atoms with E-state index >= 15 is 0 Å². The van der Waals surface area contributed by atoms with Crippen LogP contribution in [0.3, 0.4) is 0 Å². The fourth-order valence-electron chi connectivity index (χ4n) is 1.44.